The molecule has 0 unspecified atom stereocenters. The first-order valence-corrected chi connectivity index (χ1v) is 10.0. The minimum absolute atomic E-state index is 0.173. The maximum Gasteiger partial charge on any atom is 0.258 e. The van der Waals surface area contributed by atoms with Crippen molar-refractivity contribution in [3.8, 4) is 0 Å². The van der Waals surface area contributed by atoms with Gasteiger partial charge in [-0.15, -0.1) is 0 Å². The van der Waals surface area contributed by atoms with Crippen LogP contribution in [-0.4, -0.2) is 50.1 Å². The number of carbonyl (C=O) groups excluding carboxylic acids is 1. The van der Waals surface area contributed by atoms with Gasteiger partial charge < -0.3 is 20.4 Å². The first-order valence-electron chi connectivity index (χ1n) is 10.0. The van der Waals surface area contributed by atoms with Crippen molar-refractivity contribution in [2.75, 3.05) is 54.8 Å². The van der Waals surface area contributed by atoms with Crippen LogP contribution in [0.25, 0.3) is 0 Å². The predicted octanol–water partition coefficient (Wildman–Crippen LogP) is 3.14. The molecule has 5 nitrogen and oxygen atoms in total. The molecule has 0 saturated carbocycles. The summed E-state index contributed by atoms with van der Waals surface area (Å²) in [6.07, 6.45) is 1.72. The molecule has 2 aromatic carbocycles. The minimum Gasteiger partial charge on any atom is -0.398 e. The smallest absolute Gasteiger partial charge is 0.258 e. The molecule has 6 heteroatoms. The zero-order valence-electron chi connectivity index (χ0n) is 16.3. The fourth-order valence-electron chi connectivity index (χ4n) is 4.22. The van der Waals surface area contributed by atoms with Gasteiger partial charge in [0.25, 0.3) is 5.91 Å². The van der Waals surface area contributed by atoms with E-state index in [2.05, 4.69) is 16.7 Å². The van der Waals surface area contributed by atoms with Gasteiger partial charge in [0.15, 0.2) is 0 Å². The van der Waals surface area contributed by atoms with Crippen molar-refractivity contribution in [1.29, 1.82) is 0 Å². The van der Waals surface area contributed by atoms with Gasteiger partial charge in [0.05, 0.1) is 5.69 Å². The van der Waals surface area contributed by atoms with Crippen molar-refractivity contribution in [1.82, 2.24) is 4.90 Å². The van der Waals surface area contributed by atoms with Crippen molar-refractivity contribution < 1.29 is 9.18 Å². The third-order valence-corrected chi connectivity index (χ3v) is 5.89. The quantitative estimate of drug-likeness (QED) is 0.829. The van der Waals surface area contributed by atoms with Gasteiger partial charge in [-0.1, -0.05) is 13.0 Å². The Morgan fingerprint density at radius 3 is 2.57 bits per heavy atom. The second-order valence-electron chi connectivity index (χ2n) is 7.49. The lowest BCUT2D eigenvalue weighted by molar-refractivity contribution is 0.0984. The lowest BCUT2D eigenvalue weighted by Gasteiger charge is -2.35. The Balaban J connectivity index is 1.55. The minimum atomic E-state index is -0.333. The summed E-state index contributed by atoms with van der Waals surface area (Å²) in [7, 11) is 0. The average Bonchev–Trinajstić information content (AvgIpc) is 2.73. The first kappa shape index (κ1) is 18.7. The van der Waals surface area contributed by atoms with E-state index in [9.17, 15) is 9.18 Å². The molecule has 2 aliphatic heterocycles. The zero-order valence-corrected chi connectivity index (χ0v) is 16.3. The number of hydrogen-bond donors (Lipinski definition) is 1. The second kappa shape index (κ2) is 7.80. The number of likely N-dealkylation sites (N-methyl/N-ethyl adjacent to an activating group) is 1. The molecule has 4 rings (SSSR count). The van der Waals surface area contributed by atoms with Crippen LogP contribution in [-0.2, 0) is 6.42 Å². The van der Waals surface area contributed by atoms with Crippen LogP contribution in [0.2, 0.25) is 0 Å². The summed E-state index contributed by atoms with van der Waals surface area (Å²) >= 11 is 0. The van der Waals surface area contributed by atoms with Crippen LogP contribution in [0.4, 0.5) is 21.5 Å². The predicted molar refractivity (Wildman–Crippen MR) is 112 cm³/mol. The molecule has 0 atom stereocenters. The molecular weight excluding hydrogens is 355 g/mol. The van der Waals surface area contributed by atoms with Crippen LogP contribution in [0.15, 0.2) is 36.4 Å². The van der Waals surface area contributed by atoms with Gasteiger partial charge in [-0.2, -0.15) is 0 Å². The molecule has 148 valence electrons. The molecule has 2 N–H and O–H groups in total. The Morgan fingerprint density at radius 2 is 1.86 bits per heavy atom. The highest BCUT2D eigenvalue weighted by Gasteiger charge is 2.26. The molecule has 2 aromatic rings. The highest BCUT2D eigenvalue weighted by Crippen LogP contribution is 2.32. The molecule has 0 aliphatic carbocycles. The summed E-state index contributed by atoms with van der Waals surface area (Å²) in [6, 6.07) is 10.5. The number of halogens is 1. The fraction of sp³-hybridized carbons (Fsp3) is 0.409. The van der Waals surface area contributed by atoms with Crippen LogP contribution >= 0.6 is 0 Å². The van der Waals surface area contributed by atoms with Crippen LogP contribution in [0.1, 0.15) is 29.3 Å². The summed E-state index contributed by atoms with van der Waals surface area (Å²) in [5, 5.41) is 0. The van der Waals surface area contributed by atoms with Gasteiger partial charge >= 0.3 is 0 Å². The molecule has 2 heterocycles. The Bertz CT molecular complexity index is 877. The number of nitrogen functional groups attached to an aromatic ring is 1. The molecule has 0 radical (unpaired) electrons. The second-order valence-corrected chi connectivity index (χ2v) is 7.49. The largest absolute Gasteiger partial charge is 0.398 e. The maximum absolute atomic E-state index is 14.9. The van der Waals surface area contributed by atoms with E-state index in [-0.39, 0.29) is 11.7 Å². The SMILES string of the molecule is CCN1CCN(c2ccc(C(=O)N3CCCc4c(N)cccc43)cc2F)CC1. The number of piperazine rings is 1. The molecule has 0 aromatic heterocycles. The molecule has 1 amide bonds. The number of fused-ring (bicyclic) bond motifs is 1. The van der Waals surface area contributed by atoms with Gasteiger partial charge in [-0.25, -0.2) is 4.39 Å². The van der Waals surface area contributed by atoms with Crippen LogP contribution in [0, 0.1) is 5.82 Å². The van der Waals surface area contributed by atoms with E-state index in [0.717, 1.165) is 56.8 Å². The topological polar surface area (TPSA) is 52.8 Å². The van der Waals surface area contributed by atoms with Crippen molar-refractivity contribution in [3.05, 3.63) is 53.3 Å². The number of rotatable bonds is 3. The van der Waals surface area contributed by atoms with Gasteiger partial charge in [0, 0.05) is 49.7 Å². The number of nitrogens with two attached hydrogens (primary N) is 1. The Labute approximate surface area is 165 Å². The summed E-state index contributed by atoms with van der Waals surface area (Å²) in [5.41, 5.74) is 9.60. The first-order chi connectivity index (χ1) is 13.6. The lowest BCUT2D eigenvalue weighted by atomic mass is 9.99. The highest BCUT2D eigenvalue weighted by atomic mass is 19.1. The molecule has 2 aliphatic rings. The van der Waals surface area contributed by atoms with Crippen molar-refractivity contribution >= 4 is 23.0 Å². The standard InChI is InChI=1S/C22H27FN4O/c1-2-25-11-13-26(14-12-25)21-9-8-16(15-18(21)23)22(28)27-10-4-5-17-19(24)6-3-7-20(17)27/h3,6-9,15H,2,4-5,10-14,24H2,1H3. The molecule has 0 spiro atoms. The highest BCUT2D eigenvalue weighted by molar-refractivity contribution is 6.07. The van der Waals surface area contributed by atoms with E-state index in [0.29, 0.717) is 23.5 Å². The summed E-state index contributed by atoms with van der Waals surface area (Å²) in [4.78, 5) is 19.2. The summed E-state index contributed by atoms with van der Waals surface area (Å²) in [5.74, 6) is -0.506. The number of anilines is 3. The van der Waals surface area contributed by atoms with Crippen LogP contribution in [0.3, 0.4) is 0 Å². The Kier molecular flexibility index (Phi) is 5.22. The lowest BCUT2D eigenvalue weighted by Crippen LogP contribution is -2.46. The van der Waals surface area contributed by atoms with Gasteiger partial charge in [0.1, 0.15) is 5.82 Å². The molecular formula is C22H27FN4O. The van der Waals surface area contributed by atoms with E-state index in [1.807, 2.05) is 18.2 Å². The van der Waals surface area contributed by atoms with Gasteiger partial charge in [-0.3, -0.25) is 4.79 Å². The Morgan fingerprint density at radius 1 is 1.07 bits per heavy atom. The number of nitrogens with zero attached hydrogens (tertiary/aromatic N) is 3. The summed E-state index contributed by atoms with van der Waals surface area (Å²) < 4.78 is 14.9. The van der Waals surface area contributed by atoms with Gasteiger partial charge in [-0.05, 0) is 55.3 Å². The van der Waals surface area contributed by atoms with E-state index < -0.39 is 0 Å². The zero-order chi connectivity index (χ0) is 19.7. The van der Waals surface area contributed by atoms with E-state index in [1.165, 1.54) is 6.07 Å². The van der Waals surface area contributed by atoms with E-state index in [4.69, 9.17) is 5.73 Å². The van der Waals surface area contributed by atoms with Crippen molar-refractivity contribution in [2.24, 2.45) is 0 Å². The van der Waals surface area contributed by atoms with E-state index >= 15 is 0 Å². The number of carbonyl (C=O) groups is 1. The van der Waals surface area contributed by atoms with Crippen molar-refractivity contribution in [3.63, 3.8) is 0 Å². The molecule has 28 heavy (non-hydrogen) atoms. The molecule has 1 saturated heterocycles. The van der Waals surface area contributed by atoms with Crippen LogP contribution in [0.5, 0.6) is 0 Å². The molecule has 1 fully saturated rings. The van der Waals surface area contributed by atoms with Gasteiger partial charge in [0.2, 0.25) is 0 Å². The summed E-state index contributed by atoms with van der Waals surface area (Å²) in [6.45, 7) is 7.26. The molecule has 0 bridgehead atoms. The van der Waals surface area contributed by atoms with Crippen molar-refractivity contribution in [2.45, 2.75) is 19.8 Å². The Hall–Kier alpha value is -2.60. The monoisotopic (exact) mass is 382 g/mol. The number of hydrogen-bond acceptors (Lipinski definition) is 4. The van der Waals surface area contributed by atoms with E-state index in [1.54, 1.807) is 17.0 Å². The third-order valence-electron chi connectivity index (χ3n) is 5.89. The third kappa shape index (κ3) is 3.44. The number of benzene rings is 2. The average molecular weight is 382 g/mol. The fourth-order valence-corrected chi connectivity index (χ4v) is 4.22. The maximum atomic E-state index is 14.9. The number of amides is 1. The van der Waals surface area contributed by atoms with Crippen LogP contribution < -0.4 is 15.5 Å². The normalized spacial score (nSPS) is 17.5.